The summed E-state index contributed by atoms with van der Waals surface area (Å²) in [6.07, 6.45) is 11.0. The van der Waals surface area contributed by atoms with Gasteiger partial charge in [-0.1, -0.05) is 104 Å². The molecule has 4 aromatic carbocycles. The molecule has 0 spiro atoms. The van der Waals surface area contributed by atoms with Crippen molar-refractivity contribution in [2.24, 2.45) is 23.7 Å². The Labute approximate surface area is 468 Å². The topological polar surface area (TPSA) is 163 Å². The van der Waals surface area contributed by atoms with Gasteiger partial charge in [0.1, 0.15) is 0 Å². The molecule has 0 saturated heterocycles. The molecule has 0 saturated carbocycles. The number of H-pyrrole nitrogens is 2. The third kappa shape index (κ3) is 13.4. The van der Waals surface area contributed by atoms with Crippen LogP contribution in [-0.2, 0) is 18.9 Å². The zero-order chi connectivity index (χ0) is 56.5. The predicted octanol–water partition coefficient (Wildman–Crippen LogP) is 16.1. The van der Waals surface area contributed by atoms with E-state index in [1.807, 2.05) is 97.1 Å². The number of nitrogens with one attached hydrogen (secondary N) is 2. The summed E-state index contributed by atoms with van der Waals surface area (Å²) in [6.45, 7) is 18.1. The van der Waals surface area contributed by atoms with Gasteiger partial charge in [-0.15, -0.1) is 0 Å². The first-order chi connectivity index (χ1) is 38.6. The van der Waals surface area contributed by atoms with Crippen molar-refractivity contribution in [3.8, 4) is 44.5 Å². The normalized spacial score (nSPS) is 11.9. The van der Waals surface area contributed by atoms with E-state index >= 15 is 0 Å². The first-order valence-electron chi connectivity index (χ1n) is 27.9. The lowest BCUT2D eigenvalue weighted by molar-refractivity contribution is 0.0478. The Morgan fingerprint density at radius 1 is 0.325 bits per heavy atom. The van der Waals surface area contributed by atoms with Crippen LogP contribution in [0.3, 0.4) is 0 Å². The van der Waals surface area contributed by atoms with Crippen molar-refractivity contribution in [3.63, 3.8) is 0 Å². The summed E-state index contributed by atoms with van der Waals surface area (Å²) >= 11 is 0. The van der Waals surface area contributed by atoms with Gasteiger partial charge in [0, 0.05) is 44.3 Å². The maximum Gasteiger partial charge on any atom is 0.338 e. The summed E-state index contributed by atoms with van der Waals surface area (Å²) in [5.41, 5.74) is 13.7. The van der Waals surface area contributed by atoms with Crippen LogP contribution < -0.4 is 0 Å². The number of esters is 4. The van der Waals surface area contributed by atoms with Gasteiger partial charge in [0.25, 0.3) is 0 Å². The lowest BCUT2D eigenvalue weighted by atomic mass is 10.0. The minimum Gasteiger partial charge on any atom is -0.462 e. The quantitative estimate of drug-likeness (QED) is 0.0555. The van der Waals surface area contributed by atoms with Crippen molar-refractivity contribution in [2.45, 2.75) is 81.1 Å². The second-order valence-electron chi connectivity index (χ2n) is 22.1. The number of aromatic nitrogens is 4. The summed E-state index contributed by atoms with van der Waals surface area (Å²) in [5, 5.41) is 0. The summed E-state index contributed by atoms with van der Waals surface area (Å²) in [7, 11) is 0. The lowest BCUT2D eigenvalue weighted by Crippen LogP contribution is -2.08. The molecule has 5 heterocycles. The molecule has 0 atom stereocenters. The molecule has 0 fully saturated rings. The van der Waals surface area contributed by atoms with Crippen LogP contribution in [0.4, 0.5) is 0 Å². The summed E-state index contributed by atoms with van der Waals surface area (Å²) in [4.78, 5) is 71.3. The third-order valence-electron chi connectivity index (χ3n) is 14.1. The van der Waals surface area contributed by atoms with Crippen molar-refractivity contribution in [1.82, 2.24) is 19.9 Å². The molecule has 12 heteroatoms. The van der Waals surface area contributed by atoms with Gasteiger partial charge in [-0.25, -0.2) is 29.1 Å². The van der Waals surface area contributed by atoms with Crippen molar-refractivity contribution < 1.29 is 38.1 Å². The second kappa shape index (κ2) is 25.4. The van der Waals surface area contributed by atoms with Crippen LogP contribution in [-0.4, -0.2) is 70.2 Å². The van der Waals surface area contributed by atoms with Gasteiger partial charge in [-0.3, -0.25) is 0 Å². The minimum atomic E-state index is -0.388. The van der Waals surface area contributed by atoms with Crippen molar-refractivity contribution in [1.29, 1.82) is 0 Å². The van der Waals surface area contributed by atoms with E-state index in [-0.39, 0.29) is 23.9 Å². The van der Waals surface area contributed by atoms with Gasteiger partial charge in [-0.05, 0) is 169 Å². The molecule has 2 N–H and O–H groups in total. The Morgan fingerprint density at radius 3 is 0.713 bits per heavy atom. The SMILES string of the molecule is CC(C)CCOC(=O)c1ccc(-c2c3nc(c(-c4ccc(C(=O)OCCC(C)C)cc4)c4ccc([nH]4)c(-c4ccc(C(=O)OCCC(C)C)cc4)c4nc(c(-c5ccc(C(=O)OCCC(C)C)cc5)c5ccc2[nH]5)C=C4)C=C3)cc1. The summed E-state index contributed by atoms with van der Waals surface area (Å²) < 4.78 is 22.6. The van der Waals surface area contributed by atoms with Gasteiger partial charge in [0.2, 0.25) is 0 Å². The number of nitrogens with zero attached hydrogens (tertiary/aromatic N) is 2. The second-order valence-corrected chi connectivity index (χ2v) is 22.1. The zero-order valence-electron chi connectivity index (χ0n) is 47.0. The van der Waals surface area contributed by atoms with Crippen LogP contribution in [0, 0.1) is 23.7 Å². The number of hydrogen-bond acceptors (Lipinski definition) is 10. The predicted molar refractivity (Wildman–Crippen MR) is 320 cm³/mol. The Morgan fingerprint density at radius 2 is 0.525 bits per heavy atom. The van der Waals surface area contributed by atoms with Crippen molar-refractivity contribution in [2.75, 3.05) is 26.4 Å². The van der Waals surface area contributed by atoms with Gasteiger partial charge in [0.05, 0.1) is 71.5 Å². The fourth-order valence-electron chi connectivity index (χ4n) is 9.39. The van der Waals surface area contributed by atoms with E-state index in [1.54, 1.807) is 48.5 Å². The number of carbonyl (C=O) groups excluding carboxylic acids is 4. The highest BCUT2D eigenvalue weighted by Crippen LogP contribution is 2.39. The highest BCUT2D eigenvalue weighted by Gasteiger charge is 2.21. The fourth-order valence-corrected chi connectivity index (χ4v) is 9.39. The molecule has 0 radical (unpaired) electrons. The molecule has 9 rings (SSSR count). The molecule has 3 aromatic heterocycles. The fraction of sp³-hybridized carbons (Fsp3) is 0.294. The largest absolute Gasteiger partial charge is 0.462 e. The number of rotatable bonds is 20. The van der Waals surface area contributed by atoms with Crippen LogP contribution in [0.1, 0.15) is 145 Å². The number of benzene rings is 4. The van der Waals surface area contributed by atoms with E-state index in [2.05, 4.69) is 65.4 Å². The van der Waals surface area contributed by atoms with Crippen LogP contribution in [0.25, 0.3) is 90.9 Å². The van der Waals surface area contributed by atoms with Crippen LogP contribution in [0.15, 0.2) is 121 Å². The molecule has 12 nitrogen and oxygen atoms in total. The van der Waals surface area contributed by atoms with Crippen molar-refractivity contribution in [3.05, 3.63) is 166 Å². The highest BCUT2D eigenvalue weighted by molar-refractivity contribution is 6.01. The maximum atomic E-state index is 13.2. The van der Waals surface area contributed by atoms with E-state index in [0.29, 0.717) is 95.1 Å². The Kier molecular flexibility index (Phi) is 17.8. The molecule has 7 aromatic rings. The Hall–Kier alpha value is -8.64. The first kappa shape index (κ1) is 56.1. The van der Waals surface area contributed by atoms with Gasteiger partial charge in [-0.2, -0.15) is 0 Å². The molecule has 2 aliphatic heterocycles. The first-order valence-corrected chi connectivity index (χ1v) is 27.9. The number of carbonyl (C=O) groups is 4. The lowest BCUT2D eigenvalue weighted by Gasteiger charge is -2.10. The molecule has 410 valence electrons. The van der Waals surface area contributed by atoms with E-state index in [4.69, 9.17) is 28.9 Å². The highest BCUT2D eigenvalue weighted by atomic mass is 16.5. The number of fused-ring (bicyclic) bond motifs is 8. The summed E-state index contributed by atoms with van der Waals surface area (Å²) in [5.74, 6) is 0.0307. The monoisotopic (exact) mass is 1070 g/mol. The van der Waals surface area contributed by atoms with E-state index in [1.165, 1.54) is 0 Å². The molecule has 0 unspecified atom stereocenters. The molecule has 0 aliphatic carbocycles. The average Bonchev–Trinajstić information content (AvgIpc) is 4.30. The summed E-state index contributed by atoms with van der Waals surface area (Å²) in [6, 6.07) is 37.6. The van der Waals surface area contributed by atoms with Crippen LogP contribution in [0.2, 0.25) is 0 Å². The van der Waals surface area contributed by atoms with Gasteiger partial charge < -0.3 is 28.9 Å². The average molecular weight is 1070 g/mol. The standard InChI is InChI=1S/C68H70N4O8/c1-41(2)33-37-77-65(73)49-17-9-45(10-18-49)61-53-25-27-55(69-53)62(46-11-19-50(20-12-46)66(74)78-38-34-42(3)4)57-29-31-59(71-57)64(48-15-23-52(24-16-48)68(76)80-40-36-44(7)8)60-32-30-58(72-60)63(56-28-26-54(61)70-56)47-13-21-51(22-14-47)67(75)79-39-35-43(5)6/h9-32,41-44,69,72H,33-40H2,1-8H3. The number of hydrogen-bond donors (Lipinski definition) is 2. The van der Waals surface area contributed by atoms with Crippen LogP contribution >= 0.6 is 0 Å². The van der Waals surface area contributed by atoms with Crippen LogP contribution in [0.5, 0.6) is 0 Å². The maximum absolute atomic E-state index is 13.2. The molecular formula is C68H70N4O8. The smallest absolute Gasteiger partial charge is 0.338 e. The number of aromatic amines is 2. The van der Waals surface area contributed by atoms with Gasteiger partial charge >= 0.3 is 23.9 Å². The Balaban J connectivity index is 1.28. The number of ether oxygens (including phenoxy) is 4. The third-order valence-corrected chi connectivity index (χ3v) is 14.1. The van der Waals surface area contributed by atoms with E-state index in [0.717, 1.165) is 92.3 Å². The minimum absolute atomic E-state index is 0.334. The molecular weight excluding hydrogens is 1000 g/mol. The molecule has 0 amide bonds. The molecule has 2 aliphatic rings. The van der Waals surface area contributed by atoms with Crippen molar-refractivity contribution >= 4 is 70.2 Å². The van der Waals surface area contributed by atoms with Gasteiger partial charge in [0.15, 0.2) is 0 Å². The molecule has 80 heavy (non-hydrogen) atoms. The zero-order valence-corrected chi connectivity index (χ0v) is 47.0. The Bertz CT molecular complexity index is 3150. The van der Waals surface area contributed by atoms with E-state index in [9.17, 15) is 19.2 Å². The van der Waals surface area contributed by atoms with E-state index < -0.39 is 0 Å². The molecule has 8 bridgehead atoms.